The van der Waals surface area contributed by atoms with E-state index in [0.717, 1.165) is 45.0 Å². The molecular weight excluding hydrogens is 260 g/mol. The summed E-state index contributed by atoms with van der Waals surface area (Å²) in [7, 11) is 0. The SMILES string of the molecule is CC(C)(C)c1ccc(N2CCN(CCCCN)CC2)nc1. The third kappa shape index (κ3) is 4.68. The molecule has 0 radical (unpaired) electrons. The second-order valence-electron chi connectivity index (χ2n) is 6.98. The first kappa shape index (κ1) is 16.2. The summed E-state index contributed by atoms with van der Waals surface area (Å²) < 4.78 is 0. The van der Waals surface area contributed by atoms with Gasteiger partial charge in [-0.2, -0.15) is 0 Å². The smallest absolute Gasteiger partial charge is 0.128 e. The van der Waals surface area contributed by atoms with Crippen molar-refractivity contribution in [2.24, 2.45) is 5.73 Å². The minimum absolute atomic E-state index is 0.174. The molecular formula is C17H30N4. The molecule has 0 saturated carbocycles. The van der Waals surface area contributed by atoms with Gasteiger partial charge in [-0.15, -0.1) is 0 Å². The van der Waals surface area contributed by atoms with E-state index in [0.29, 0.717) is 0 Å². The van der Waals surface area contributed by atoms with Crippen molar-refractivity contribution in [3.05, 3.63) is 23.9 Å². The molecule has 0 bridgehead atoms. The van der Waals surface area contributed by atoms with Crippen LogP contribution in [0.2, 0.25) is 0 Å². The van der Waals surface area contributed by atoms with Crippen molar-refractivity contribution in [3.63, 3.8) is 0 Å². The van der Waals surface area contributed by atoms with Gasteiger partial charge in [0.2, 0.25) is 0 Å². The Bertz CT molecular complexity index is 413. The highest BCUT2D eigenvalue weighted by molar-refractivity contribution is 5.41. The van der Waals surface area contributed by atoms with Crippen LogP contribution in [-0.4, -0.2) is 49.2 Å². The van der Waals surface area contributed by atoms with Crippen molar-refractivity contribution in [2.45, 2.75) is 39.0 Å². The Morgan fingerprint density at radius 2 is 1.81 bits per heavy atom. The molecule has 2 N–H and O–H groups in total. The van der Waals surface area contributed by atoms with Crippen LogP contribution in [0.3, 0.4) is 0 Å². The Balaban J connectivity index is 1.85. The highest BCUT2D eigenvalue weighted by Gasteiger charge is 2.19. The lowest BCUT2D eigenvalue weighted by molar-refractivity contribution is 0.253. The number of hydrogen-bond acceptors (Lipinski definition) is 4. The Morgan fingerprint density at radius 3 is 2.33 bits per heavy atom. The number of aromatic nitrogens is 1. The molecule has 0 amide bonds. The monoisotopic (exact) mass is 290 g/mol. The molecule has 4 heteroatoms. The first-order chi connectivity index (χ1) is 10.0. The summed E-state index contributed by atoms with van der Waals surface area (Å²) in [5.74, 6) is 1.12. The van der Waals surface area contributed by atoms with Crippen LogP contribution < -0.4 is 10.6 Å². The largest absolute Gasteiger partial charge is 0.354 e. The van der Waals surface area contributed by atoms with E-state index < -0.39 is 0 Å². The standard InChI is InChI=1S/C17H30N4/c1-17(2,3)15-6-7-16(19-14-15)21-12-10-20(11-13-21)9-5-4-8-18/h6-7,14H,4-5,8-13,18H2,1-3H3. The first-order valence-corrected chi connectivity index (χ1v) is 8.14. The van der Waals surface area contributed by atoms with Crippen LogP contribution in [0.1, 0.15) is 39.2 Å². The molecule has 1 saturated heterocycles. The fraction of sp³-hybridized carbons (Fsp3) is 0.706. The summed E-state index contributed by atoms with van der Waals surface area (Å²) >= 11 is 0. The molecule has 0 unspecified atom stereocenters. The topological polar surface area (TPSA) is 45.4 Å². The summed E-state index contributed by atoms with van der Waals surface area (Å²) in [4.78, 5) is 9.59. The molecule has 1 aliphatic rings. The van der Waals surface area contributed by atoms with Gasteiger partial charge in [-0.05, 0) is 43.0 Å². The number of nitrogens with zero attached hydrogens (tertiary/aromatic N) is 3. The van der Waals surface area contributed by atoms with E-state index in [9.17, 15) is 0 Å². The summed E-state index contributed by atoms with van der Waals surface area (Å²) in [6.07, 6.45) is 4.38. The van der Waals surface area contributed by atoms with Gasteiger partial charge in [-0.1, -0.05) is 26.8 Å². The maximum absolute atomic E-state index is 5.55. The van der Waals surface area contributed by atoms with Crippen molar-refractivity contribution in [2.75, 3.05) is 44.2 Å². The minimum atomic E-state index is 0.174. The minimum Gasteiger partial charge on any atom is -0.354 e. The van der Waals surface area contributed by atoms with E-state index in [1.165, 1.54) is 18.5 Å². The lowest BCUT2D eigenvalue weighted by Gasteiger charge is -2.35. The summed E-state index contributed by atoms with van der Waals surface area (Å²) in [6.45, 7) is 13.1. The summed E-state index contributed by atoms with van der Waals surface area (Å²) in [5, 5.41) is 0. The number of rotatable bonds is 5. The molecule has 1 aromatic heterocycles. The van der Waals surface area contributed by atoms with Gasteiger partial charge in [0, 0.05) is 32.4 Å². The van der Waals surface area contributed by atoms with Gasteiger partial charge in [-0.25, -0.2) is 4.98 Å². The summed E-state index contributed by atoms with van der Waals surface area (Å²) in [5.41, 5.74) is 7.02. The van der Waals surface area contributed by atoms with Crippen molar-refractivity contribution >= 4 is 5.82 Å². The number of anilines is 1. The second-order valence-corrected chi connectivity index (χ2v) is 6.98. The fourth-order valence-corrected chi connectivity index (χ4v) is 2.70. The molecule has 2 rings (SSSR count). The van der Waals surface area contributed by atoms with E-state index in [1.54, 1.807) is 0 Å². The predicted molar refractivity (Wildman–Crippen MR) is 89.9 cm³/mol. The number of hydrogen-bond donors (Lipinski definition) is 1. The van der Waals surface area contributed by atoms with Crippen LogP contribution in [0, 0.1) is 0 Å². The zero-order valence-electron chi connectivity index (χ0n) is 13.8. The number of nitrogens with two attached hydrogens (primary N) is 1. The van der Waals surface area contributed by atoms with Gasteiger partial charge in [0.05, 0.1) is 0 Å². The van der Waals surface area contributed by atoms with Crippen molar-refractivity contribution in [1.29, 1.82) is 0 Å². The number of piperazine rings is 1. The van der Waals surface area contributed by atoms with Crippen LogP contribution in [0.25, 0.3) is 0 Å². The average Bonchev–Trinajstić information content (AvgIpc) is 2.48. The molecule has 21 heavy (non-hydrogen) atoms. The quantitative estimate of drug-likeness (QED) is 0.845. The molecule has 2 heterocycles. The highest BCUT2D eigenvalue weighted by Crippen LogP contribution is 2.23. The number of unbranched alkanes of at least 4 members (excludes halogenated alkanes) is 1. The maximum Gasteiger partial charge on any atom is 0.128 e. The molecule has 0 atom stereocenters. The summed E-state index contributed by atoms with van der Waals surface area (Å²) in [6, 6.07) is 4.39. The van der Waals surface area contributed by atoms with E-state index in [1.807, 2.05) is 6.20 Å². The van der Waals surface area contributed by atoms with Crippen molar-refractivity contribution in [3.8, 4) is 0 Å². The van der Waals surface area contributed by atoms with Gasteiger partial charge in [0.15, 0.2) is 0 Å². The number of pyridine rings is 1. The molecule has 1 aromatic rings. The molecule has 0 aromatic carbocycles. The molecule has 1 fully saturated rings. The van der Waals surface area contributed by atoms with Gasteiger partial charge in [0.1, 0.15) is 5.82 Å². The van der Waals surface area contributed by atoms with E-state index in [4.69, 9.17) is 5.73 Å². The molecule has 4 nitrogen and oxygen atoms in total. The fourth-order valence-electron chi connectivity index (χ4n) is 2.70. The van der Waals surface area contributed by atoms with Crippen LogP contribution in [0.15, 0.2) is 18.3 Å². The van der Waals surface area contributed by atoms with Crippen LogP contribution in [0.5, 0.6) is 0 Å². The van der Waals surface area contributed by atoms with Crippen molar-refractivity contribution in [1.82, 2.24) is 9.88 Å². The van der Waals surface area contributed by atoms with E-state index in [2.05, 4.69) is 47.7 Å². The van der Waals surface area contributed by atoms with E-state index >= 15 is 0 Å². The zero-order valence-corrected chi connectivity index (χ0v) is 13.8. The average molecular weight is 290 g/mol. The zero-order chi connectivity index (χ0) is 15.3. The Hall–Kier alpha value is -1.13. The molecule has 1 aliphatic heterocycles. The van der Waals surface area contributed by atoms with Crippen LogP contribution in [-0.2, 0) is 5.41 Å². The Morgan fingerprint density at radius 1 is 1.10 bits per heavy atom. The lowest BCUT2D eigenvalue weighted by Crippen LogP contribution is -2.47. The molecule has 0 spiro atoms. The van der Waals surface area contributed by atoms with Gasteiger partial charge in [0.25, 0.3) is 0 Å². The highest BCUT2D eigenvalue weighted by atomic mass is 15.3. The second kappa shape index (κ2) is 7.23. The Labute approximate surface area is 129 Å². The van der Waals surface area contributed by atoms with E-state index in [-0.39, 0.29) is 5.41 Å². The predicted octanol–water partition coefficient (Wildman–Crippen LogP) is 2.24. The maximum atomic E-state index is 5.55. The first-order valence-electron chi connectivity index (χ1n) is 8.14. The molecule has 118 valence electrons. The van der Waals surface area contributed by atoms with Crippen LogP contribution in [0.4, 0.5) is 5.82 Å². The van der Waals surface area contributed by atoms with Gasteiger partial charge >= 0.3 is 0 Å². The van der Waals surface area contributed by atoms with Crippen LogP contribution >= 0.6 is 0 Å². The van der Waals surface area contributed by atoms with Crippen molar-refractivity contribution < 1.29 is 0 Å². The normalized spacial score (nSPS) is 17.2. The third-order valence-corrected chi connectivity index (χ3v) is 4.24. The van der Waals surface area contributed by atoms with Gasteiger partial charge in [-0.3, -0.25) is 4.90 Å². The Kier molecular flexibility index (Phi) is 5.59. The van der Waals surface area contributed by atoms with Gasteiger partial charge < -0.3 is 10.6 Å². The third-order valence-electron chi connectivity index (χ3n) is 4.24. The lowest BCUT2D eigenvalue weighted by atomic mass is 9.88. The molecule has 0 aliphatic carbocycles.